The van der Waals surface area contributed by atoms with Gasteiger partial charge in [-0.15, -0.1) is 0 Å². The molecule has 4 heteroatoms. The first-order valence-corrected chi connectivity index (χ1v) is 11.1. The largest absolute Gasteiger partial charge is 0.486 e. The van der Waals surface area contributed by atoms with Crippen molar-refractivity contribution >= 4 is 17.0 Å². The molecule has 0 saturated carbocycles. The lowest BCUT2D eigenvalue weighted by molar-refractivity contribution is 0.0108. The Labute approximate surface area is 194 Å². The number of ether oxygens (including phenoxy) is 1. The van der Waals surface area contributed by atoms with E-state index >= 15 is 0 Å². The molecule has 2 heterocycles. The van der Waals surface area contributed by atoms with Gasteiger partial charge < -0.3 is 9.30 Å². The van der Waals surface area contributed by atoms with E-state index < -0.39 is 5.60 Å². The van der Waals surface area contributed by atoms with Gasteiger partial charge in [0.05, 0.1) is 12.6 Å². The van der Waals surface area contributed by atoms with Gasteiger partial charge in [0.1, 0.15) is 11.4 Å². The first kappa shape index (κ1) is 20.9. The van der Waals surface area contributed by atoms with Gasteiger partial charge in [-0.2, -0.15) is 0 Å². The van der Waals surface area contributed by atoms with Crippen LogP contribution in [0.5, 0.6) is 0 Å². The maximum atomic E-state index is 9.52. The zero-order chi connectivity index (χ0) is 23.2. The van der Waals surface area contributed by atoms with Crippen molar-refractivity contribution in [2.75, 3.05) is 0 Å². The highest BCUT2D eigenvalue weighted by Gasteiger charge is 2.42. The van der Waals surface area contributed by atoms with Crippen molar-refractivity contribution in [3.63, 3.8) is 0 Å². The maximum Gasteiger partial charge on any atom is 0.265 e. The molecule has 2 aliphatic rings. The summed E-state index contributed by atoms with van der Waals surface area (Å²) in [7, 11) is 2.10. The Morgan fingerprint density at radius 3 is 2.52 bits per heavy atom. The molecule has 0 amide bonds. The van der Waals surface area contributed by atoms with Crippen LogP contribution < -0.4 is 0 Å². The zero-order valence-corrected chi connectivity index (χ0v) is 19.1. The molecule has 33 heavy (non-hydrogen) atoms. The van der Waals surface area contributed by atoms with Crippen LogP contribution in [-0.2, 0) is 24.6 Å². The number of allylic oxidation sites excluding steroid dienone is 3. The molecule has 0 fully saturated rings. The van der Waals surface area contributed by atoms with Gasteiger partial charge in [-0.05, 0) is 66.0 Å². The van der Waals surface area contributed by atoms with Crippen LogP contribution in [0.15, 0.2) is 71.6 Å². The first-order chi connectivity index (χ1) is 15.9. The molecule has 1 aromatic heterocycles. The summed E-state index contributed by atoms with van der Waals surface area (Å²) in [5, 5.41) is 10.8. The van der Waals surface area contributed by atoms with E-state index in [2.05, 4.69) is 84.9 Å². The fraction of sp³-hybridized carbons (Fsp3) is 0.241. The molecular formula is C29H25N3O. The van der Waals surface area contributed by atoms with Gasteiger partial charge in [0.25, 0.3) is 5.70 Å². The van der Waals surface area contributed by atoms with Crippen LogP contribution in [0.2, 0.25) is 0 Å². The van der Waals surface area contributed by atoms with E-state index in [9.17, 15) is 5.26 Å². The summed E-state index contributed by atoms with van der Waals surface area (Å²) < 4.78 is 8.79. The predicted octanol–water partition coefficient (Wildman–Crippen LogP) is 6.35. The molecule has 0 N–H and O–H groups in total. The first-order valence-electron chi connectivity index (χ1n) is 11.1. The number of nitrogens with zero attached hydrogens (tertiary/aromatic N) is 3. The van der Waals surface area contributed by atoms with Crippen molar-refractivity contribution in [2.45, 2.75) is 38.7 Å². The Morgan fingerprint density at radius 2 is 1.85 bits per heavy atom. The lowest BCUT2D eigenvalue weighted by atomic mass is 9.87. The van der Waals surface area contributed by atoms with Crippen molar-refractivity contribution in [2.24, 2.45) is 7.05 Å². The Balaban J connectivity index is 1.51. The van der Waals surface area contributed by atoms with Gasteiger partial charge in [0.15, 0.2) is 0 Å². The van der Waals surface area contributed by atoms with Crippen molar-refractivity contribution in [3.05, 3.63) is 111 Å². The molecule has 3 aromatic rings. The van der Waals surface area contributed by atoms with Gasteiger partial charge in [-0.1, -0.05) is 36.4 Å². The highest BCUT2D eigenvalue weighted by atomic mass is 16.5. The van der Waals surface area contributed by atoms with Gasteiger partial charge >= 0.3 is 0 Å². The summed E-state index contributed by atoms with van der Waals surface area (Å²) in [6, 6.07) is 16.9. The van der Waals surface area contributed by atoms with E-state index in [-0.39, 0.29) is 5.70 Å². The Morgan fingerprint density at radius 1 is 1.12 bits per heavy atom. The quantitative estimate of drug-likeness (QED) is 0.351. The number of nitriles is 1. The standard InChI is InChI=1S/C29H25N3O/c1-19-20(2)32(4)28-12-10-21(13-26(19)28)9-11-25-14-24(27(18-30)31-3)17-29(33-25)15-22-7-5-6-8-23(22)16-29/h5-14H,15-17H2,1-2,4H3/b11-9+,27-24+. The average Bonchev–Trinajstić information content (AvgIpc) is 3.27. The molecule has 162 valence electrons. The van der Waals surface area contributed by atoms with Crippen LogP contribution >= 0.6 is 0 Å². The lowest BCUT2D eigenvalue weighted by Gasteiger charge is -2.35. The van der Waals surface area contributed by atoms with E-state index in [1.807, 2.05) is 12.2 Å². The summed E-state index contributed by atoms with van der Waals surface area (Å²) in [6.07, 6.45) is 8.01. The molecule has 2 aromatic carbocycles. The minimum absolute atomic E-state index is 0.149. The number of aromatic nitrogens is 1. The molecule has 0 unspecified atom stereocenters. The number of fused-ring (bicyclic) bond motifs is 2. The molecular weight excluding hydrogens is 406 g/mol. The monoisotopic (exact) mass is 431 g/mol. The number of aryl methyl sites for hydroxylation is 2. The van der Waals surface area contributed by atoms with Gasteiger partial charge in [0, 0.05) is 42.9 Å². The topological polar surface area (TPSA) is 42.3 Å². The molecule has 0 bridgehead atoms. The van der Waals surface area contributed by atoms with E-state index in [4.69, 9.17) is 11.3 Å². The number of hydrogen-bond acceptors (Lipinski definition) is 2. The third kappa shape index (κ3) is 3.55. The summed E-state index contributed by atoms with van der Waals surface area (Å²) in [5.74, 6) is 0.696. The van der Waals surface area contributed by atoms with Crippen molar-refractivity contribution in [1.82, 2.24) is 4.57 Å². The average molecular weight is 432 g/mol. The summed E-state index contributed by atoms with van der Waals surface area (Å²) in [5.41, 5.74) is 7.90. The Hall–Kier alpha value is -4.02. The summed E-state index contributed by atoms with van der Waals surface area (Å²) in [6.45, 7) is 11.8. The van der Waals surface area contributed by atoms with E-state index in [0.717, 1.165) is 24.0 Å². The molecule has 0 radical (unpaired) electrons. The van der Waals surface area contributed by atoms with E-state index in [1.54, 1.807) is 0 Å². The van der Waals surface area contributed by atoms with Crippen LogP contribution in [0.4, 0.5) is 0 Å². The lowest BCUT2D eigenvalue weighted by Crippen LogP contribution is -2.36. The SMILES string of the molecule is [C-]#[N+]/C(C#N)=C1C=C(/C=C/c2ccc3c(c2)c(C)c(C)n3C)OC2(C\1)Cc1ccccc1C2. The third-order valence-corrected chi connectivity index (χ3v) is 7.10. The van der Waals surface area contributed by atoms with Crippen molar-refractivity contribution in [3.8, 4) is 6.07 Å². The molecule has 0 saturated heterocycles. The predicted molar refractivity (Wildman–Crippen MR) is 131 cm³/mol. The molecule has 1 aliphatic carbocycles. The molecule has 1 aliphatic heterocycles. The van der Waals surface area contributed by atoms with Gasteiger partial charge in [-0.25, -0.2) is 10.1 Å². The smallest absolute Gasteiger partial charge is 0.265 e. The normalized spacial score (nSPS) is 18.0. The minimum Gasteiger partial charge on any atom is -0.486 e. The molecule has 5 rings (SSSR count). The van der Waals surface area contributed by atoms with Gasteiger partial charge in [-0.3, -0.25) is 0 Å². The summed E-state index contributed by atoms with van der Waals surface area (Å²) >= 11 is 0. The zero-order valence-electron chi connectivity index (χ0n) is 19.1. The van der Waals surface area contributed by atoms with E-state index in [1.165, 1.54) is 33.3 Å². The van der Waals surface area contributed by atoms with Crippen LogP contribution in [0.1, 0.15) is 34.4 Å². The van der Waals surface area contributed by atoms with Crippen LogP contribution in [0, 0.1) is 31.8 Å². The van der Waals surface area contributed by atoms with Crippen LogP contribution in [-0.4, -0.2) is 10.2 Å². The number of hydrogen-bond donors (Lipinski definition) is 0. The van der Waals surface area contributed by atoms with E-state index in [0.29, 0.717) is 12.2 Å². The second-order valence-electron chi connectivity index (χ2n) is 9.11. The molecule has 1 spiro atoms. The Kier molecular flexibility index (Phi) is 4.95. The highest BCUT2D eigenvalue weighted by molar-refractivity contribution is 5.87. The van der Waals surface area contributed by atoms with Crippen LogP contribution in [0.3, 0.4) is 0 Å². The number of benzene rings is 2. The Bertz CT molecular complexity index is 1430. The summed E-state index contributed by atoms with van der Waals surface area (Å²) in [4.78, 5) is 3.48. The van der Waals surface area contributed by atoms with Crippen LogP contribution in [0.25, 0.3) is 21.8 Å². The fourth-order valence-corrected chi connectivity index (χ4v) is 5.20. The minimum atomic E-state index is -0.447. The fourth-order valence-electron chi connectivity index (χ4n) is 5.20. The highest BCUT2D eigenvalue weighted by Crippen LogP contribution is 2.43. The number of rotatable bonds is 2. The van der Waals surface area contributed by atoms with Crippen molar-refractivity contribution < 1.29 is 4.74 Å². The molecule has 4 nitrogen and oxygen atoms in total. The second-order valence-corrected chi connectivity index (χ2v) is 9.11. The third-order valence-electron chi connectivity index (χ3n) is 7.10. The van der Waals surface area contributed by atoms with Crippen molar-refractivity contribution in [1.29, 1.82) is 5.26 Å². The van der Waals surface area contributed by atoms with Gasteiger partial charge in [0.2, 0.25) is 0 Å². The second kappa shape index (κ2) is 7.84. The molecule has 0 atom stereocenters. The maximum absolute atomic E-state index is 9.52.